The highest BCUT2D eigenvalue weighted by Crippen LogP contribution is 2.35. The summed E-state index contributed by atoms with van der Waals surface area (Å²) >= 11 is 18.7. The molecule has 0 saturated heterocycles. The number of aromatic carboxylic acids is 1. The number of carboxylic acid groups (broad SMARTS) is 1. The molecule has 1 amide bonds. The second-order valence-corrected chi connectivity index (χ2v) is 7.39. The average molecular weight is 425 g/mol. The number of anilines is 1. The molecular formula is C17H10Cl2N2O3S2. The van der Waals surface area contributed by atoms with Crippen LogP contribution in [0.5, 0.6) is 0 Å². The van der Waals surface area contributed by atoms with E-state index in [-0.39, 0.29) is 21.4 Å². The smallest absolute Gasteiger partial charge is 0.335 e. The molecule has 0 saturated carbocycles. The Kier molecular flexibility index (Phi) is 5.43. The maximum atomic E-state index is 12.5. The molecule has 5 nitrogen and oxygen atoms in total. The Morgan fingerprint density at radius 3 is 2.54 bits per heavy atom. The maximum Gasteiger partial charge on any atom is 0.335 e. The van der Waals surface area contributed by atoms with Gasteiger partial charge in [0.2, 0.25) is 0 Å². The largest absolute Gasteiger partial charge is 0.478 e. The quantitative estimate of drug-likeness (QED) is 0.513. The van der Waals surface area contributed by atoms with Gasteiger partial charge in [0.05, 0.1) is 21.3 Å². The van der Waals surface area contributed by atoms with Gasteiger partial charge in [0.25, 0.3) is 5.91 Å². The highest BCUT2D eigenvalue weighted by molar-refractivity contribution is 7.80. The van der Waals surface area contributed by atoms with Crippen LogP contribution in [0.2, 0.25) is 10.0 Å². The molecule has 3 rings (SSSR count). The molecule has 26 heavy (non-hydrogen) atoms. The number of halogens is 2. The SMILES string of the molecule is O=C(O)c1ccc(Cl)c(NC(=S)NC(=O)c2sc3ccccc3c2Cl)c1. The lowest BCUT2D eigenvalue weighted by atomic mass is 10.2. The Balaban J connectivity index is 1.77. The second kappa shape index (κ2) is 7.59. The van der Waals surface area contributed by atoms with Crippen LogP contribution in [0, 0.1) is 0 Å². The van der Waals surface area contributed by atoms with Crippen LogP contribution < -0.4 is 10.6 Å². The van der Waals surface area contributed by atoms with E-state index in [1.54, 1.807) is 0 Å². The van der Waals surface area contributed by atoms with Gasteiger partial charge in [0.15, 0.2) is 5.11 Å². The number of benzene rings is 2. The molecule has 0 aliphatic heterocycles. The number of thiophene rings is 1. The zero-order valence-corrected chi connectivity index (χ0v) is 16.0. The van der Waals surface area contributed by atoms with E-state index in [1.807, 2.05) is 24.3 Å². The minimum atomic E-state index is -1.10. The minimum Gasteiger partial charge on any atom is -0.478 e. The first-order valence-corrected chi connectivity index (χ1v) is 9.17. The van der Waals surface area contributed by atoms with Crippen LogP contribution in [0.15, 0.2) is 42.5 Å². The molecule has 0 aliphatic rings. The molecule has 0 bridgehead atoms. The van der Waals surface area contributed by atoms with Crippen molar-refractivity contribution in [1.29, 1.82) is 0 Å². The number of carboxylic acids is 1. The molecule has 1 aromatic heterocycles. The molecule has 3 aromatic rings. The third kappa shape index (κ3) is 3.81. The highest BCUT2D eigenvalue weighted by Gasteiger charge is 2.18. The van der Waals surface area contributed by atoms with Gasteiger partial charge >= 0.3 is 5.97 Å². The first kappa shape index (κ1) is 18.6. The van der Waals surface area contributed by atoms with Gasteiger partial charge in [0.1, 0.15) is 4.88 Å². The first-order valence-electron chi connectivity index (χ1n) is 7.19. The molecule has 0 fully saturated rings. The van der Waals surface area contributed by atoms with E-state index in [9.17, 15) is 9.59 Å². The van der Waals surface area contributed by atoms with Crippen LogP contribution in [-0.4, -0.2) is 22.1 Å². The fraction of sp³-hybridized carbons (Fsp3) is 0. The summed E-state index contributed by atoms with van der Waals surface area (Å²) in [4.78, 5) is 23.8. The van der Waals surface area contributed by atoms with Crippen molar-refractivity contribution in [2.75, 3.05) is 5.32 Å². The van der Waals surface area contributed by atoms with Crippen LogP contribution in [0.25, 0.3) is 10.1 Å². The van der Waals surface area contributed by atoms with Gasteiger partial charge in [-0.3, -0.25) is 10.1 Å². The summed E-state index contributed by atoms with van der Waals surface area (Å²) in [6, 6.07) is 11.5. The molecule has 0 atom stereocenters. The van der Waals surface area contributed by atoms with Crippen LogP contribution in [-0.2, 0) is 0 Å². The number of carbonyl (C=O) groups is 2. The topological polar surface area (TPSA) is 78.4 Å². The molecule has 1 heterocycles. The summed E-state index contributed by atoms with van der Waals surface area (Å²) in [5.74, 6) is -1.56. The highest BCUT2D eigenvalue weighted by atomic mass is 35.5. The molecule has 2 aromatic carbocycles. The maximum absolute atomic E-state index is 12.5. The van der Waals surface area contributed by atoms with Gasteiger partial charge in [-0.15, -0.1) is 11.3 Å². The first-order chi connectivity index (χ1) is 12.4. The van der Waals surface area contributed by atoms with Gasteiger partial charge in [0, 0.05) is 10.1 Å². The number of amides is 1. The third-order valence-corrected chi connectivity index (χ3v) is 5.64. The van der Waals surface area contributed by atoms with Crippen molar-refractivity contribution in [2.45, 2.75) is 0 Å². The third-order valence-electron chi connectivity index (χ3n) is 3.43. The van der Waals surface area contributed by atoms with Gasteiger partial charge < -0.3 is 10.4 Å². The normalized spacial score (nSPS) is 10.5. The molecular weight excluding hydrogens is 415 g/mol. The predicted molar refractivity (Wildman–Crippen MR) is 109 cm³/mol. The Bertz CT molecular complexity index is 1050. The summed E-state index contributed by atoms with van der Waals surface area (Å²) < 4.78 is 0.888. The van der Waals surface area contributed by atoms with E-state index in [4.69, 9.17) is 40.5 Å². The summed E-state index contributed by atoms with van der Waals surface area (Å²) in [5, 5.41) is 15.7. The molecule has 0 spiro atoms. The summed E-state index contributed by atoms with van der Waals surface area (Å²) in [7, 11) is 0. The summed E-state index contributed by atoms with van der Waals surface area (Å²) in [6.45, 7) is 0. The van der Waals surface area contributed by atoms with Crippen LogP contribution in [0.1, 0.15) is 20.0 Å². The van der Waals surface area contributed by atoms with Gasteiger partial charge in [-0.2, -0.15) is 0 Å². The fourth-order valence-corrected chi connectivity index (χ4v) is 4.01. The lowest BCUT2D eigenvalue weighted by Crippen LogP contribution is -2.33. The number of nitrogens with one attached hydrogen (secondary N) is 2. The Morgan fingerprint density at radius 2 is 1.85 bits per heavy atom. The van der Waals surface area contributed by atoms with E-state index >= 15 is 0 Å². The Morgan fingerprint density at radius 1 is 1.12 bits per heavy atom. The van der Waals surface area contributed by atoms with Gasteiger partial charge in [-0.05, 0) is 36.5 Å². The van der Waals surface area contributed by atoms with Gasteiger partial charge in [-0.1, -0.05) is 41.4 Å². The van der Waals surface area contributed by atoms with Crippen molar-refractivity contribution in [1.82, 2.24) is 5.32 Å². The number of carbonyl (C=O) groups excluding carboxylic acids is 1. The number of rotatable bonds is 3. The van der Waals surface area contributed by atoms with Crippen molar-refractivity contribution < 1.29 is 14.7 Å². The zero-order valence-electron chi connectivity index (χ0n) is 12.9. The van der Waals surface area contributed by atoms with E-state index in [0.29, 0.717) is 9.90 Å². The van der Waals surface area contributed by atoms with Crippen molar-refractivity contribution >= 4 is 79.5 Å². The van der Waals surface area contributed by atoms with Gasteiger partial charge in [-0.25, -0.2) is 4.79 Å². The average Bonchev–Trinajstić information content (AvgIpc) is 2.94. The number of hydrogen-bond acceptors (Lipinski definition) is 4. The molecule has 0 radical (unpaired) electrons. The molecule has 0 unspecified atom stereocenters. The number of fused-ring (bicyclic) bond motifs is 1. The fourth-order valence-electron chi connectivity index (χ4n) is 2.23. The van der Waals surface area contributed by atoms with Crippen molar-refractivity contribution in [3.8, 4) is 0 Å². The number of thiocarbonyl (C=S) groups is 1. The Hall–Kier alpha value is -2.19. The Labute approximate surface area is 167 Å². The van der Waals surface area contributed by atoms with Crippen molar-refractivity contribution in [2.24, 2.45) is 0 Å². The van der Waals surface area contributed by atoms with E-state index in [2.05, 4.69) is 10.6 Å². The van der Waals surface area contributed by atoms with Crippen LogP contribution in [0.4, 0.5) is 5.69 Å². The molecule has 9 heteroatoms. The summed E-state index contributed by atoms with van der Waals surface area (Å²) in [6.07, 6.45) is 0. The summed E-state index contributed by atoms with van der Waals surface area (Å²) in [5.41, 5.74) is 0.317. The van der Waals surface area contributed by atoms with Crippen molar-refractivity contribution in [3.63, 3.8) is 0 Å². The lowest BCUT2D eigenvalue weighted by Gasteiger charge is -2.11. The van der Waals surface area contributed by atoms with Crippen molar-refractivity contribution in [3.05, 3.63) is 63.0 Å². The standard InChI is InChI=1S/C17H10Cl2N2O3S2/c18-10-6-5-8(16(23)24)7-11(10)20-17(25)21-15(22)14-13(19)9-3-1-2-4-12(9)26-14/h1-7H,(H,23,24)(H2,20,21,22,25). The van der Waals surface area contributed by atoms with E-state index in [0.717, 1.165) is 10.1 Å². The predicted octanol–water partition coefficient (Wildman–Crippen LogP) is 5.03. The van der Waals surface area contributed by atoms with Crippen LogP contribution in [0.3, 0.4) is 0 Å². The molecule has 132 valence electrons. The second-order valence-electron chi connectivity index (χ2n) is 5.15. The van der Waals surface area contributed by atoms with Crippen LogP contribution >= 0.6 is 46.8 Å². The molecule has 0 aliphatic carbocycles. The monoisotopic (exact) mass is 424 g/mol. The minimum absolute atomic E-state index is 0.0204. The number of hydrogen-bond donors (Lipinski definition) is 3. The lowest BCUT2D eigenvalue weighted by molar-refractivity contribution is 0.0696. The van der Waals surface area contributed by atoms with E-state index < -0.39 is 11.9 Å². The zero-order chi connectivity index (χ0) is 18.8. The molecule has 3 N–H and O–H groups in total. The van der Waals surface area contributed by atoms with E-state index in [1.165, 1.54) is 29.5 Å².